The van der Waals surface area contributed by atoms with Gasteiger partial charge in [-0.15, -0.1) is 0 Å². The van der Waals surface area contributed by atoms with Crippen molar-refractivity contribution in [3.8, 4) is 0 Å². The van der Waals surface area contributed by atoms with Gasteiger partial charge in [0.25, 0.3) is 0 Å². The lowest BCUT2D eigenvalue weighted by Crippen LogP contribution is -2.27. The van der Waals surface area contributed by atoms with Crippen molar-refractivity contribution in [3.63, 3.8) is 0 Å². The monoisotopic (exact) mass is 343 g/mol. The van der Waals surface area contributed by atoms with Crippen LogP contribution in [0.15, 0.2) is 46.9 Å². The fourth-order valence-electron chi connectivity index (χ4n) is 3.45. The molecule has 3 rings (SSSR count). The Labute approximate surface area is 135 Å². The second kappa shape index (κ2) is 6.33. The average molecular weight is 344 g/mol. The van der Waals surface area contributed by atoms with E-state index in [0.717, 1.165) is 11.0 Å². The summed E-state index contributed by atoms with van der Waals surface area (Å²) in [4.78, 5) is 0. The largest absolute Gasteiger partial charge is 0.310 e. The summed E-state index contributed by atoms with van der Waals surface area (Å²) in [5.74, 6) is 0.702. The zero-order chi connectivity index (χ0) is 14.8. The third-order valence-corrected chi connectivity index (χ3v) is 5.03. The van der Waals surface area contributed by atoms with Crippen molar-refractivity contribution in [2.45, 2.75) is 38.6 Å². The van der Waals surface area contributed by atoms with Gasteiger partial charge < -0.3 is 5.32 Å². The number of aryl methyl sites for hydroxylation is 1. The summed E-state index contributed by atoms with van der Waals surface area (Å²) in [6.45, 7) is 5.41. The maximum absolute atomic E-state index is 3.67. The van der Waals surface area contributed by atoms with Gasteiger partial charge in [0, 0.05) is 10.5 Å². The van der Waals surface area contributed by atoms with Crippen molar-refractivity contribution in [3.05, 3.63) is 69.2 Å². The molecule has 1 aliphatic rings. The first kappa shape index (κ1) is 14.8. The van der Waals surface area contributed by atoms with Crippen LogP contribution >= 0.6 is 15.9 Å². The first-order valence-electron chi connectivity index (χ1n) is 7.76. The molecule has 2 heteroatoms. The fraction of sp³-hybridized carbons (Fsp3) is 0.368. The Bertz CT molecular complexity index is 635. The lowest BCUT2D eigenvalue weighted by Gasteiger charge is -2.34. The molecule has 2 unspecified atom stereocenters. The van der Waals surface area contributed by atoms with Crippen molar-refractivity contribution in [2.75, 3.05) is 6.54 Å². The van der Waals surface area contributed by atoms with E-state index in [1.807, 2.05) is 0 Å². The van der Waals surface area contributed by atoms with Gasteiger partial charge in [-0.3, -0.25) is 0 Å². The van der Waals surface area contributed by atoms with E-state index in [1.54, 1.807) is 5.56 Å². The maximum atomic E-state index is 3.67. The molecule has 0 spiro atoms. The molecule has 1 N–H and O–H groups in total. The topological polar surface area (TPSA) is 12.0 Å². The van der Waals surface area contributed by atoms with Gasteiger partial charge in [-0.05, 0) is 66.6 Å². The minimum atomic E-state index is 0.446. The molecule has 0 fully saturated rings. The Morgan fingerprint density at radius 2 is 2.05 bits per heavy atom. The highest BCUT2D eigenvalue weighted by Crippen LogP contribution is 2.41. The predicted octanol–water partition coefficient (Wildman–Crippen LogP) is 5.14. The van der Waals surface area contributed by atoms with E-state index in [1.165, 1.54) is 29.5 Å². The molecule has 0 aromatic heterocycles. The average Bonchev–Trinajstić information content (AvgIpc) is 2.44. The normalized spacial score (nSPS) is 18.0. The predicted molar refractivity (Wildman–Crippen MR) is 92.8 cm³/mol. The molecular formula is C19H22BrN. The Morgan fingerprint density at radius 1 is 1.24 bits per heavy atom. The quantitative estimate of drug-likeness (QED) is 0.792. The van der Waals surface area contributed by atoms with Gasteiger partial charge in [0.2, 0.25) is 0 Å². The van der Waals surface area contributed by atoms with Crippen LogP contribution in [-0.4, -0.2) is 6.54 Å². The number of hydrogen-bond donors (Lipinski definition) is 1. The second-order valence-electron chi connectivity index (χ2n) is 5.95. The molecule has 2 aromatic carbocycles. The number of halogens is 1. The minimum Gasteiger partial charge on any atom is -0.310 e. The third-order valence-electron chi connectivity index (χ3n) is 4.54. The minimum absolute atomic E-state index is 0.446. The summed E-state index contributed by atoms with van der Waals surface area (Å²) >= 11 is 3.56. The van der Waals surface area contributed by atoms with Crippen LogP contribution < -0.4 is 5.32 Å². The number of fused-ring (bicyclic) bond motifs is 1. The zero-order valence-electron chi connectivity index (χ0n) is 12.7. The summed E-state index contributed by atoms with van der Waals surface area (Å²) < 4.78 is 1.16. The van der Waals surface area contributed by atoms with Gasteiger partial charge in [0.15, 0.2) is 0 Å². The number of rotatable bonds is 5. The second-order valence-corrected chi connectivity index (χ2v) is 6.86. The molecule has 1 aliphatic carbocycles. The van der Waals surface area contributed by atoms with Gasteiger partial charge in [-0.2, -0.15) is 0 Å². The van der Waals surface area contributed by atoms with Crippen molar-refractivity contribution in [1.82, 2.24) is 5.32 Å². The SMILES string of the molecule is CCNC(CC1Cc2ccccc21)c1ccc(Br)cc1C. The number of hydrogen-bond acceptors (Lipinski definition) is 1. The van der Waals surface area contributed by atoms with Crippen molar-refractivity contribution >= 4 is 15.9 Å². The molecule has 1 nitrogen and oxygen atoms in total. The van der Waals surface area contributed by atoms with Crippen LogP contribution in [0.2, 0.25) is 0 Å². The van der Waals surface area contributed by atoms with Crippen LogP contribution in [0.5, 0.6) is 0 Å². The van der Waals surface area contributed by atoms with E-state index in [0.29, 0.717) is 12.0 Å². The molecule has 110 valence electrons. The molecule has 0 aliphatic heterocycles. The van der Waals surface area contributed by atoms with Gasteiger partial charge in [-0.1, -0.05) is 53.2 Å². The lowest BCUT2D eigenvalue weighted by atomic mass is 9.73. The Balaban J connectivity index is 1.80. The van der Waals surface area contributed by atoms with Crippen molar-refractivity contribution in [2.24, 2.45) is 0 Å². The van der Waals surface area contributed by atoms with Crippen LogP contribution in [0.25, 0.3) is 0 Å². The zero-order valence-corrected chi connectivity index (χ0v) is 14.3. The van der Waals surface area contributed by atoms with Crippen molar-refractivity contribution < 1.29 is 0 Å². The number of benzene rings is 2. The molecule has 2 atom stereocenters. The summed E-state index contributed by atoms with van der Waals surface area (Å²) in [6.07, 6.45) is 2.42. The number of nitrogens with one attached hydrogen (secondary N) is 1. The Kier molecular flexibility index (Phi) is 4.46. The third kappa shape index (κ3) is 3.07. The molecule has 2 aromatic rings. The summed E-state index contributed by atoms with van der Waals surface area (Å²) in [5, 5.41) is 3.67. The molecule has 21 heavy (non-hydrogen) atoms. The first-order chi connectivity index (χ1) is 10.2. The summed E-state index contributed by atoms with van der Waals surface area (Å²) in [6, 6.07) is 15.9. The highest BCUT2D eigenvalue weighted by molar-refractivity contribution is 9.10. The van der Waals surface area contributed by atoms with Gasteiger partial charge >= 0.3 is 0 Å². The summed E-state index contributed by atoms with van der Waals surface area (Å²) in [7, 11) is 0. The Morgan fingerprint density at radius 3 is 2.76 bits per heavy atom. The van der Waals surface area contributed by atoms with E-state index in [-0.39, 0.29) is 0 Å². The summed E-state index contributed by atoms with van der Waals surface area (Å²) in [5.41, 5.74) is 5.88. The first-order valence-corrected chi connectivity index (χ1v) is 8.55. The van der Waals surface area contributed by atoms with E-state index in [9.17, 15) is 0 Å². The van der Waals surface area contributed by atoms with Crippen LogP contribution in [0.4, 0.5) is 0 Å². The molecule has 0 saturated carbocycles. The smallest absolute Gasteiger partial charge is 0.0328 e. The molecule has 0 bridgehead atoms. The van der Waals surface area contributed by atoms with Gasteiger partial charge in [0.05, 0.1) is 0 Å². The fourth-order valence-corrected chi connectivity index (χ4v) is 3.93. The molecule has 0 saturated heterocycles. The highest BCUT2D eigenvalue weighted by atomic mass is 79.9. The van der Waals surface area contributed by atoms with Crippen LogP contribution in [0, 0.1) is 6.92 Å². The van der Waals surface area contributed by atoms with Gasteiger partial charge in [-0.25, -0.2) is 0 Å². The highest BCUT2D eigenvalue weighted by Gasteiger charge is 2.28. The van der Waals surface area contributed by atoms with E-state index in [2.05, 4.69) is 77.6 Å². The van der Waals surface area contributed by atoms with Crippen LogP contribution in [0.3, 0.4) is 0 Å². The van der Waals surface area contributed by atoms with E-state index < -0.39 is 0 Å². The van der Waals surface area contributed by atoms with Crippen molar-refractivity contribution in [1.29, 1.82) is 0 Å². The molecule has 0 radical (unpaired) electrons. The van der Waals surface area contributed by atoms with E-state index >= 15 is 0 Å². The van der Waals surface area contributed by atoms with Gasteiger partial charge in [0.1, 0.15) is 0 Å². The molecular weight excluding hydrogens is 322 g/mol. The lowest BCUT2D eigenvalue weighted by molar-refractivity contribution is 0.434. The Hall–Kier alpha value is -1.12. The van der Waals surface area contributed by atoms with E-state index in [4.69, 9.17) is 0 Å². The maximum Gasteiger partial charge on any atom is 0.0328 e. The standard InChI is InChI=1S/C19H22BrN/c1-3-21-19(17-9-8-16(20)10-13(17)2)12-15-11-14-6-4-5-7-18(14)15/h4-10,15,19,21H,3,11-12H2,1-2H3. The molecule has 0 amide bonds. The molecule has 0 heterocycles. The van der Waals surface area contributed by atoms with Crippen LogP contribution in [0.1, 0.15) is 47.6 Å². The van der Waals surface area contributed by atoms with Crippen LogP contribution in [-0.2, 0) is 6.42 Å².